The summed E-state index contributed by atoms with van der Waals surface area (Å²) in [5.41, 5.74) is 0.267. The van der Waals surface area contributed by atoms with Crippen molar-refractivity contribution in [2.45, 2.75) is 32.6 Å². The van der Waals surface area contributed by atoms with Crippen LogP contribution in [-0.2, 0) is 11.0 Å². The van der Waals surface area contributed by atoms with Crippen LogP contribution in [0.2, 0.25) is 0 Å². The second-order valence-corrected chi connectivity index (χ2v) is 10.4. The molecule has 3 aromatic heterocycles. The van der Waals surface area contributed by atoms with Crippen molar-refractivity contribution in [3.05, 3.63) is 46.3 Å². The number of pyridine rings is 1. The molecule has 3 aromatic rings. The zero-order valence-electron chi connectivity index (χ0n) is 19.0. The van der Waals surface area contributed by atoms with E-state index in [9.17, 15) is 14.2 Å². The molecule has 1 aliphatic heterocycles. The van der Waals surface area contributed by atoms with Crippen LogP contribution in [0.15, 0.2) is 33.8 Å². The van der Waals surface area contributed by atoms with Gasteiger partial charge in [-0.05, 0) is 49.8 Å². The number of carbonyl (C=O) groups excluding carboxylic acids is 1. The number of piperidine rings is 1. The molecular weight excluding hydrogens is 463 g/mol. The highest BCUT2D eigenvalue weighted by molar-refractivity contribution is 7.51. The highest BCUT2D eigenvalue weighted by Gasteiger charge is 2.25. The van der Waals surface area contributed by atoms with Crippen LogP contribution in [0, 0.1) is 12.8 Å². The van der Waals surface area contributed by atoms with E-state index < -0.39 is 19.1 Å². The largest absolute Gasteiger partial charge is 0.480 e. The van der Waals surface area contributed by atoms with E-state index in [-0.39, 0.29) is 29.8 Å². The number of furan rings is 1. The number of hydrogen-bond donors (Lipinski definition) is 2. The Kier molecular flexibility index (Phi) is 6.88. The minimum Gasteiger partial charge on any atom is -0.480 e. The number of aryl methyl sites for hydroxylation is 1. The Morgan fingerprint density at radius 1 is 1.29 bits per heavy atom. The predicted molar refractivity (Wildman–Crippen MR) is 125 cm³/mol. The molecule has 0 amide bonds. The van der Waals surface area contributed by atoms with Crippen LogP contribution in [0.25, 0.3) is 10.8 Å². The van der Waals surface area contributed by atoms with Crippen molar-refractivity contribution in [1.82, 2.24) is 14.8 Å². The molecule has 11 nitrogen and oxygen atoms in total. The number of fused-ring (bicyclic) bond motifs is 1. The maximum Gasteiger partial charge on any atom is 0.325 e. The summed E-state index contributed by atoms with van der Waals surface area (Å²) in [6, 6.07) is 3.47. The van der Waals surface area contributed by atoms with Gasteiger partial charge in [-0.1, -0.05) is 0 Å². The van der Waals surface area contributed by atoms with Crippen molar-refractivity contribution in [1.29, 1.82) is 0 Å². The molecule has 0 aliphatic carbocycles. The summed E-state index contributed by atoms with van der Waals surface area (Å²) in [5, 5.41) is 4.74. The Bertz CT molecular complexity index is 1300. The lowest BCUT2D eigenvalue weighted by Gasteiger charge is -2.33. The number of rotatable bonds is 7. The van der Waals surface area contributed by atoms with Gasteiger partial charge in [-0.15, -0.1) is 0 Å². The van der Waals surface area contributed by atoms with Crippen molar-refractivity contribution in [3.8, 4) is 5.88 Å². The van der Waals surface area contributed by atoms with Crippen LogP contribution in [0.4, 0.5) is 5.82 Å². The Morgan fingerprint density at radius 2 is 2.03 bits per heavy atom. The molecule has 0 aromatic carbocycles. The van der Waals surface area contributed by atoms with Gasteiger partial charge in [0, 0.05) is 18.5 Å². The molecule has 34 heavy (non-hydrogen) atoms. The van der Waals surface area contributed by atoms with Crippen molar-refractivity contribution in [2.24, 2.45) is 5.92 Å². The molecule has 1 aliphatic rings. The second kappa shape index (κ2) is 9.69. The van der Waals surface area contributed by atoms with E-state index in [1.807, 2.05) is 11.8 Å². The molecule has 12 heteroatoms. The van der Waals surface area contributed by atoms with E-state index >= 15 is 0 Å². The van der Waals surface area contributed by atoms with Gasteiger partial charge in [0.1, 0.15) is 17.0 Å². The lowest BCUT2D eigenvalue weighted by Crippen LogP contribution is -2.35. The first-order valence-electron chi connectivity index (χ1n) is 11.0. The first-order valence-corrected chi connectivity index (χ1v) is 12.8. The van der Waals surface area contributed by atoms with Gasteiger partial charge in [0.15, 0.2) is 0 Å². The number of aromatic nitrogens is 3. The lowest BCUT2D eigenvalue weighted by molar-refractivity contribution is 0.0886. The highest BCUT2D eigenvalue weighted by Crippen LogP contribution is 2.38. The van der Waals surface area contributed by atoms with Crippen LogP contribution in [-0.4, -0.2) is 56.8 Å². The minimum atomic E-state index is -3.99. The molecule has 0 radical (unpaired) electrons. The topological polar surface area (TPSA) is 148 Å². The normalized spacial score (nSPS) is 15.1. The van der Waals surface area contributed by atoms with E-state index in [1.54, 1.807) is 12.1 Å². The fourth-order valence-electron chi connectivity index (χ4n) is 4.22. The van der Waals surface area contributed by atoms with Gasteiger partial charge in [-0.25, -0.2) is 0 Å². The third kappa shape index (κ3) is 5.38. The van der Waals surface area contributed by atoms with Gasteiger partial charge in [0.25, 0.3) is 11.5 Å². The van der Waals surface area contributed by atoms with Gasteiger partial charge in [-0.3, -0.25) is 14.2 Å². The van der Waals surface area contributed by atoms with Gasteiger partial charge >= 0.3 is 7.60 Å². The van der Waals surface area contributed by atoms with Crippen molar-refractivity contribution < 1.29 is 28.3 Å². The van der Waals surface area contributed by atoms with E-state index in [4.69, 9.17) is 18.9 Å². The molecule has 1 saturated heterocycles. The van der Waals surface area contributed by atoms with Crippen LogP contribution < -0.4 is 15.2 Å². The number of carbonyl (C=O) groups is 1. The Hall–Kier alpha value is -3.01. The highest BCUT2D eigenvalue weighted by atomic mass is 31.2. The molecule has 4 rings (SSSR count). The number of hydrogen-bond acceptors (Lipinski definition) is 8. The summed E-state index contributed by atoms with van der Waals surface area (Å²) in [5.74, 6) is 0.891. The maximum atomic E-state index is 13.1. The smallest absolute Gasteiger partial charge is 0.325 e. The van der Waals surface area contributed by atoms with Gasteiger partial charge in [-0.2, -0.15) is 14.8 Å². The standard InChI is InChI=1S/C22H27N4O7P/c1-14-9-17(33-13-14)11-19(27)26-22(28)20-16(12-23-26)10-18(24-21(20)32-2)25-6-3-15(4-7-25)5-8-34(29,30)31/h9-10,12-13,15H,3-8,11H2,1-2H3,(H2,29,30,31). The van der Waals surface area contributed by atoms with Crippen molar-refractivity contribution in [2.75, 3.05) is 31.3 Å². The molecule has 0 spiro atoms. The number of ether oxygens (including phenoxy) is 1. The van der Waals surface area contributed by atoms with E-state index in [1.165, 1.54) is 19.6 Å². The average molecular weight is 490 g/mol. The number of anilines is 1. The molecule has 2 N–H and O–H groups in total. The molecule has 0 unspecified atom stereocenters. The monoisotopic (exact) mass is 490 g/mol. The third-order valence-electron chi connectivity index (χ3n) is 6.03. The summed E-state index contributed by atoms with van der Waals surface area (Å²) in [4.78, 5) is 50.5. The van der Waals surface area contributed by atoms with Gasteiger partial charge in [0.05, 0.1) is 32.2 Å². The molecule has 0 atom stereocenters. The van der Waals surface area contributed by atoms with Gasteiger partial charge < -0.3 is 23.8 Å². The van der Waals surface area contributed by atoms with E-state index in [0.717, 1.165) is 23.1 Å². The maximum absolute atomic E-state index is 13.1. The van der Waals surface area contributed by atoms with Gasteiger partial charge in [0.2, 0.25) is 5.88 Å². The summed E-state index contributed by atoms with van der Waals surface area (Å²) in [6.07, 6.45) is 4.83. The lowest BCUT2D eigenvalue weighted by atomic mass is 9.94. The summed E-state index contributed by atoms with van der Waals surface area (Å²) < 4.78 is 22.6. The number of methoxy groups -OCH3 is 1. The van der Waals surface area contributed by atoms with Crippen LogP contribution in [0.3, 0.4) is 0 Å². The Labute approximate surface area is 195 Å². The third-order valence-corrected chi connectivity index (χ3v) is 6.87. The molecule has 0 bridgehead atoms. The number of nitrogens with zero attached hydrogens (tertiary/aromatic N) is 4. The quantitative estimate of drug-likeness (QED) is 0.473. The fraction of sp³-hybridized carbons (Fsp3) is 0.455. The Morgan fingerprint density at radius 3 is 2.65 bits per heavy atom. The predicted octanol–water partition coefficient (Wildman–Crippen LogP) is 2.37. The summed E-state index contributed by atoms with van der Waals surface area (Å²) in [6.45, 7) is 3.18. The van der Waals surface area contributed by atoms with Crippen LogP contribution >= 0.6 is 7.60 Å². The zero-order chi connectivity index (χ0) is 24.5. The minimum absolute atomic E-state index is 0.100. The Balaban J connectivity index is 1.55. The molecule has 182 valence electrons. The summed E-state index contributed by atoms with van der Waals surface area (Å²) in [7, 11) is -2.57. The van der Waals surface area contributed by atoms with Crippen molar-refractivity contribution in [3.63, 3.8) is 0 Å². The molecular formula is C22H27N4O7P. The fourth-order valence-corrected chi connectivity index (χ4v) is 4.92. The first-order chi connectivity index (χ1) is 16.1. The van der Waals surface area contributed by atoms with E-state index in [2.05, 4.69) is 10.1 Å². The molecule has 0 saturated carbocycles. The van der Waals surface area contributed by atoms with E-state index in [0.29, 0.717) is 36.5 Å². The SMILES string of the molecule is COc1nc(N2CCC(CCP(=O)(O)O)CC2)cc2cnn(C(=O)Cc3cc(C)co3)c(=O)c12. The molecule has 4 heterocycles. The summed E-state index contributed by atoms with van der Waals surface area (Å²) >= 11 is 0. The first kappa shape index (κ1) is 24.1. The van der Waals surface area contributed by atoms with Crippen LogP contribution in [0.5, 0.6) is 5.88 Å². The molecule has 1 fully saturated rings. The van der Waals surface area contributed by atoms with Crippen LogP contribution in [0.1, 0.15) is 35.4 Å². The van der Waals surface area contributed by atoms with Crippen molar-refractivity contribution >= 4 is 30.1 Å². The average Bonchev–Trinajstić information content (AvgIpc) is 3.21. The second-order valence-electron chi connectivity index (χ2n) is 8.58. The zero-order valence-corrected chi connectivity index (χ0v) is 19.9.